The van der Waals surface area contributed by atoms with Gasteiger partial charge in [-0.05, 0) is 11.6 Å². The maximum absolute atomic E-state index is 12.7. The van der Waals surface area contributed by atoms with Gasteiger partial charge in [0.15, 0.2) is 5.78 Å². The fourth-order valence-corrected chi connectivity index (χ4v) is 2.61. The average Bonchev–Trinajstić information content (AvgIpc) is 2.56. The molecule has 1 N–H and O–H groups in total. The molecule has 0 saturated carbocycles. The summed E-state index contributed by atoms with van der Waals surface area (Å²) in [4.78, 5) is 12.7. The largest absolute Gasteiger partial charge is 0.381 e. The molecule has 104 valence electrons. The molecule has 0 radical (unpaired) electrons. The second-order valence-electron chi connectivity index (χ2n) is 5.16. The van der Waals surface area contributed by atoms with Crippen LogP contribution in [-0.4, -0.2) is 10.9 Å². The van der Waals surface area contributed by atoms with Crippen LogP contribution >= 0.6 is 0 Å². The van der Waals surface area contributed by atoms with Crippen LogP contribution < -0.4 is 0 Å². The smallest absolute Gasteiger partial charge is 0.193 e. The number of ketones is 1. The number of benzene rings is 2. The summed E-state index contributed by atoms with van der Waals surface area (Å²) in [5.74, 6) is -0.0671. The SMILES string of the molecule is O=C(c1ccccc1)c1ccccc1C1(O)C=CC=CC1. The van der Waals surface area contributed by atoms with Crippen molar-refractivity contribution in [2.45, 2.75) is 12.0 Å². The molecule has 2 heteroatoms. The Morgan fingerprint density at radius 2 is 1.67 bits per heavy atom. The maximum atomic E-state index is 12.7. The molecule has 2 nitrogen and oxygen atoms in total. The minimum atomic E-state index is -1.12. The minimum Gasteiger partial charge on any atom is -0.381 e. The fraction of sp³-hybridized carbons (Fsp3) is 0.105. The van der Waals surface area contributed by atoms with Crippen LogP contribution in [0.15, 0.2) is 78.9 Å². The second-order valence-corrected chi connectivity index (χ2v) is 5.16. The van der Waals surface area contributed by atoms with Crippen molar-refractivity contribution in [1.29, 1.82) is 0 Å². The predicted molar refractivity (Wildman–Crippen MR) is 83.1 cm³/mol. The molecule has 0 amide bonds. The van der Waals surface area contributed by atoms with Gasteiger partial charge in [-0.1, -0.05) is 72.8 Å². The number of allylic oxidation sites excluding steroid dienone is 2. The van der Waals surface area contributed by atoms with Crippen molar-refractivity contribution in [2.75, 3.05) is 0 Å². The van der Waals surface area contributed by atoms with E-state index in [1.54, 1.807) is 24.3 Å². The molecular weight excluding hydrogens is 260 g/mol. The van der Waals surface area contributed by atoms with E-state index < -0.39 is 5.60 Å². The van der Waals surface area contributed by atoms with Crippen molar-refractivity contribution in [3.05, 3.63) is 95.6 Å². The van der Waals surface area contributed by atoms with Crippen LogP contribution in [0, 0.1) is 0 Å². The van der Waals surface area contributed by atoms with E-state index in [4.69, 9.17) is 0 Å². The van der Waals surface area contributed by atoms with Crippen LogP contribution in [0.5, 0.6) is 0 Å². The van der Waals surface area contributed by atoms with Crippen LogP contribution in [0.2, 0.25) is 0 Å². The highest BCUT2D eigenvalue weighted by Crippen LogP contribution is 2.33. The molecule has 2 aromatic carbocycles. The summed E-state index contributed by atoms with van der Waals surface area (Å²) in [5.41, 5.74) is 0.713. The first-order valence-electron chi connectivity index (χ1n) is 6.97. The molecule has 1 unspecified atom stereocenters. The van der Waals surface area contributed by atoms with Crippen LogP contribution in [0.1, 0.15) is 27.9 Å². The molecule has 0 spiro atoms. The van der Waals surface area contributed by atoms with Crippen LogP contribution in [0.3, 0.4) is 0 Å². The summed E-state index contributed by atoms with van der Waals surface area (Å²) in [6.45, 7) is 0. The van der Waals surface area contributed by atoms with E-state index in [2.05, 4.69) is 0 Å². The highest BCUT2D eigenvalue weighted by molar-refractivity contribution is 6.10. The van der Waals surface area contributed by atoms with E-state index in [-0.39, 0.29) is 5.78 Å². The van der Waals surface area contributed by atoms with E-state index in [0.29, 0.717) is 23.1 Å². The highest BCUT2D eigenvalue weighted by Gasteiger charge is 2.30. The Bertz CT molecular complexity index is 713. The number of hydrogen-bond donors (Lipinski definition) is 1. The molecule has 0 bridgehead atoms. The zero-order chi connectivity index (χ0) is 14.7. The summed E-state index contributed by atoms with van der Waals surface area (Å²) in [7, 11) is 0. The molecule has 0 saturated heterocycles. The Morgan fingerprint density at radius 1 is 0.952 bits per heavy atom. The van der Waals surface area contributed by atoms with Crippen molar-refractivity contribution >= 4 is 5.78 Å². The monoisotopic (exact) mass is 276 g/mol. The van der Waals surface area contributed by atoms with E-state index in [1.807, 2.05) is 54.6 Å². The molecule has 0 aliphatic heterocycles. The molecule has 3 rings (SSSR count). The summed E-state index contributed by atoms with van der Waals surface area (Å²) in [6.07, 6.45) is 7.83. The topological polar surface area (TPSA) is 37.3 Å². The van der Waals surface area contributed by atoms with Gasteiger partial charge in [0.2, 0.25) is 0 Å². The molecule has 0 heterocycles. The minimum absolute atomic E-state index is 0.0671. The Hall–Kier alpha value is -2.45. The van der Waals surface area contributed by atoms with Crippen molar-refractivity contribution in [2.24, 2.45) is 0 Å². The fourth-order valence-electron chi connectivity index (χ4n) is 2.61. The van der Waals surface area contributed by atoms with Gasteiger partial charge in [-0.25, -0.2) is 0 Å². The first-order chi connectivity index (χ1) is 10.2. The second kappa shape index (κ2) is 5.51. The predicted octanol–water partition coefficient (Wildman–Crippen LogP) is 3.62. The van der Waals surface area contributed by atoms with Crippen molar-refractivity contribution in [1.82, 2.24) is 0 Å². The van der Waals surface area contributed by atoms with Crippen molar-refractivity contribution in [3.63, 3.8) is 0 Å². The number of carbonyl (C=O) groups excluding carboxylic acids is 1. The van der Waals surface area contributed by atoms with Crippen LogP contribution in [0.25, 0.3) is 0 Å². The van der Waals surface area contributed by atoms with E-state index in [9.17, 15) is 9.90 Å². The van der Waals surface area contributed by atoms with Crippen LogP contribution in [0.4, 0.5) is 0 Å². The Labute approximate surface area is 124 Å². The number of hydrogen-bond acceptors (Lipinski definition) is 2. The molecular formula is C19H16O2. The van der Waals surface area contributed by atoms with Crippen molar-refractivity contribution in [3.8, 4) is 0 Å². The van der Waals surface area contributed by atoms with Crippen LogP contribution in [-0.2, 0) is 5.60 Å². The number of rotatable bonds is 3. The van der Waals surface area contributed by atoms with Gasteiger partial charge in [-0.15, -0.1) is 0 Å². The molecule has 21 heavy (non-hydrogen) atoms. The zero-order valence-corrected chi connectivity index (χ0v) is 11.6. The average molecular weight is 276 g/mol. The molecule has 1 atom stereocenters. The summed E-state index contributed by atoms with van der Waals surface area (Å²) in [5, 5.41) is 10.8. The Balaban J connectivity index is 2.07. The number of aliphatic hydroxyl groups is 1. The first-order valence-corrected chi connectivity index (χ1v) is 6.97. The van der Waals surface area contributed by atoms with Gasteiger partial charge >= 0.3 is 0 Å². The standard InChI is InChI=1S/C19H16O2/c20-18(15-9-3-1-4-10-15)16-11-5-6-12-17(16)19(21)13-7-2-8-14-19/h1-13,21H,14H2. The molecule has 1 aliphatic rings. The molecule has 0 aromatic heterocycles. The van der Waals surface area contributed by atoms with Gasteiger partial charge in [0, 0.05) is 17.5 Å². The molecule has 2 aromatic rings. The van der Waals surface area contributed by atoms with Gasteiger partial charge in [-0.2, -0.15) is 0 Å². The maximum Gasteiger partial charge on any atom is 0.193 e. The lowest BCUT2D eigenvalue weighted by Crippen LogP contribution is -2.26. The third kappa shape index (κ3) is 2.58. The van der Waals surface area contributed by atoms with E-state index in [1.165, 1.54) is 0 Å². The normalized spacial score (nSPS) is 20.4. The first kappa shape index (κ1) is 13.5. The lowest BCUT2D eigenvalue weighted by Gasteiger charge is -2.27. The van der Waals surface area contributed by atoms with E-state index >= 15 is 0 Å². The van der Waals surface area contributed by atoms with Gasteiger partial charge in [-0.3, -0.25) is 4.79 Å². The third-order valence-corrected chi connectivity index (χ3v) is 3.72. The summed E-state index contributed by atoms with van der Waals surface area (Å²) in [6, 6.07) is 16.4. The van der Waals surface area contributed by atoms with Gasteiger partial charge in [0.05, 0.1) is 0 Å². The van der Waals surface area contributed by atoms with E-state index in [0.717, 1.165) is 0 Å². The lowest BCUT2D eigenvalue weighted by atomic mass is 9.83. The van der Waals surface area contributed by atoms with Gasteiger partial charge < -0.3 is 5.11 Å². The quantitative estimate of drug-likeness (QED) is 0.869. The lowest BCUT2D eigenvalue weighted by molar-refractivity contribution is 0.0873. The van der Waals surface area contributed by atoms with Gasteiger partial charge in [0.1, 0.15) is 5.60 Å². The molecule has 0 fully saturated rings. The summed E-state index contributed by atoms with van der Waals surface area (Å²) < 4.78 is 0. The summed E-state index contributed by atoms with van der Waals surface area (Å²) >= 11 is 0. The Morgan fingerprint density at radius 3 is 2.38 bits per heavy atom. The zero-order valence-electron chi connectivity index (χ0n) is 11.6. The van der Waals surface area contributed by atoms with Crippen molar-refractivity contribution < 1.29 is 9.90 Å². The third-order valence-electron chi connectivity index (χ3n) is 3.72. The Kier molecular flexibility index (Phi) is 3.55. The van der Waals surface area contributed by atoms with Gasteiger partial charge in [0.25, 0.3) is 0 Å². The number of carbonyl (C=O) groups is 1. The molecule has 1 aliphatic carbocycles. The highest BCUT2D eigenvalue weighted by atomic mass is 16.3.